The molecule has 0 radical (unpaired) electrons. The smallest absolute Gasteiger partial charge is 0.237 e. The Balaban J connectivity index is 1.86. The van der Waals surface area contributed by atoms with Crippen molar-refractivity contribution >= 4 is 5.91 Å². The van der Waals surface area contributed by atoms with Crippen LogP contribution in [-0.2, 0) is 24.8 Å². The summed E-state index contributed by atoms with van der Waals surface area (Å²) < 4.78 is 1.84. The molecular formula is C14H18N4O2. The summed E-state index contributed by atoms with van der Waals surface area (Å²) in [4.78, 5) is 16.0. The highest BCUT2D eigenvalue weighted by Gasteiger charge is 2.14. The molecule has 2 aromatic rings. The maximum absolute atomic E-state index is 11.9. The van der Waals surface area contributed by atoms with Gasteiger partial charge >= 0.3 is 0 Å². The van der Waals surface area contributed by atoms with E-state index in [1.807, 2.05) is 17.8 Å². The molecule has 6 heteroatoms. The van der Waals surface area contributed by atoms with Gasteiger partial charge in [-0.25, -0.2) is 4.98 Å². The van der Waals surface area contributed by atoms with Crippen LogP contribution in [0, 0.1) is 0 Å². The van der Waals surface area contributed by atoms with Gasteiger partial charge in [0.15, 0.2) is 0 Å². The molecule has 0 saturated carbocycles. The fourth-order valence-corrected chi connectivity index (χ4v) is 1.84. The van der Waals surface area contributed by atoms with E-state index in [1.54, 1.807) is 30.5 Å². The second-order valence-electron chi connectivity index (χ2n) is 4.65. The van der Waals surface area contributed by atoms with Crippen molar-refractivity contribution in [3.8, 4) is 5.75 Å². The van der Waals surface area contributed by atoms with Gasteiger partial charge in [0.2, 0.25) is 5.91 Å². The molecule has 0 fully saturated rings. The van der Waals surface area contributed by atoms with E-state index in [2.05, 4.69) is 10.3 Å². The summed E-state index contributed by atoms with van der Waals surface area (Å²) in [5, 5.41) is 12.0. The summed E-state index contributed by atoms with van der Waals surface area (Å²) in [6, 6.07) is 6.03. The number of hydrogen-bond acceptors (Lipinski definition) is 4. The van der Waals surface area contributed by atoms with Gasteiger partial charge in [-0.15, -0.1) is 0 Å². The Morgan fingerprint density at radius 2 is 2.15 bits per heavy atom. The Hall–Kier alpha value is -2.34. The van der Waals surface area contributed by atoms with Gasteiger partial charge in [0.05, 0.1) is 12.6 Å². The van der Waals surface area contributed by atoms with E-state index in [9.17, 15) is 9.90 Å². The van der Waals surface area contributed by atoms with Crippen LogP contribution in [0.1, 0.15) is 11.4 Å². The highest BCUT2D eigenvalue weighted by atomic mass is 16.3. The normalized spacial score (nSPS) is 12.1. The minimum Gasteiger partial charge on any atom is -0.508 e. The molecule has 0 saturated heterocycles. The van der Waals surface area contributed by atoms with E-state index in [-0.39, 0.29) is 11.7 Å². The van der Waals surface area contributed by atoms with Gasteiger partial charge in [-0.2, -0.15) is 0 Å². The monoisotopic (exact) mass is 274 g/mol. The molecule has 1 heterocycles. The molecule has 20 heavy (non-hydrogen) atoms. The molecule has 0 aliphatic carbocycles. The van der Waals surface area contributed by atoms with Gasteiger partial charge < -0.3 is 20.7 Å². The number of imidazole rings is 1. The first kappa shape index (κ1) is 14.1. The third-order valence-corrected chi connectivity index (χ3v) is 3.07. The standard InChI is InChI=1S/C14H18N4O2/c1-18-7-6-16-13(18)9-17-14(20)12(15)8-10-2-4-11(19)5-3-10/h2-7,12,19H,8-9,15H2,1H3,(H,17,20)/t12-/m1/s1. The number of carbonyl (C=O) groups is 1. The van der Waals surface area contributed by atoms with E-state index in [0.29, 0.717) is 13.0 Å². The largest absolute Gasteiger partial charge is 0.508 e. The zero-order valence-corrected chi connectivity index (χ0v) is 11.3. The summed E-state index contributed by atoms with van der Waals surface area (Å²) >= 11 is 0. The molecule has 106 valence electrons. The number of aryl methyl sites for hydroxylation is 1. The van der Waals surface area contributed by atoms with Crippen LogP contribution < -0.4 is 11.1 Å². The third kappa shape index (κ3) is 3.58. The molecule has 1 aromatic heterocycles. The van der Waals surface area contributed by atoms with Crippen molar-refractivity contribution in [2.45, 2.75) is 19.0 Å². The number of amides is 1. The van der Waals surface area contributed by atoms with Gasteiger partial charge in [0.25, 0.3) is 0 Å². The van der Waals surface area contributed by atoms with E-state index in [1.165, 1.54) is 0 Å². The van der Waals surface area contributed by atoms with E-state index >= 15 is 0 Å². The number of nitrogens with one attached hydrogen (secondary N) is 1. The molecular weight excluding hydrogens is 256 g/mol. The Bertz CT molecular complexity index is 577. The number of phenolic OH excluding ortho intramolecular Hbond substituents is 1. The average Bonchev–Trinajstić information content (AvgIpc) is 2.84. The van der Waals surface area contributed by atoms with Crippen LogP contribution in [0.2, 0.25) is 0 Å². The number of aromatic nitrogens is 2. The molecule has 6 nitrogen and oxygen atoms in total. The lowest BCUT2D eigenvalue weighted by atomic mass is 10.1. The van der Waals surface area contributed by atoms with Crippen LogP contribution in [0.25, 0.3) is 0 Å². The van der Waals surface area contributed by atoms with Crippen molar-refractivity contribution in [1.82, 2.24) is 14.9 Å². The van der Waals surface area contributed by atoms with E-state index < -0.39 is 6.04 Å². The molecule has 0 spiro atoms. The predicted molar refractivity (Wildman–Crippen MR) is 74.8 cm³/mol. The Morgan fingerprint density at radius 1 is 1.45 bits per heavy atom. The maximum Gasteiger partial charge on any atom is 0.237 e. The van der Waals surface area contributed by atoms with Crippen LogP contribution in [0.5, 0.6) is 5.75 Å². The lowest BCUT2D eigenvalue weighted by Gasteiger charge is -2.12. The van der Waals surface area contributed by atoms with Crippen molar-refractivity contribution < 1.29 is 9.90 Å². The highest BCUT2D eigenvalue weighted by molar-refractivity contribution is 5.81. The summed E-state index contributed by atoms with van der Waals surface area (Å²) in [5.74, 6) is 0.748. The van der Waals surface area contributed by atoms with Gasteiger partial charge in [-0.05, 0) is 24.1 Å². The van der Waals surface area contributed by atoms with Crippen LogP contribution in [0.15, 0.2) is 36.7 Å². The highest BCUT2D eigenvalue weighted by Crippen LogP contribution is 2.10. The van der Waals surface area contributed by atoms with Crippen molar-refractivity contribution in [2.24, 2.45) is 12.8 Å². The summed E-state index contributed by atoms with van der Waals surface area (Å²) in [6.45, 7) is 0.353. The zero-order chi connectivity index (χ0) is 14.5. The molecule has 0 aliphatic rings. The lowest BCUT2D eigenvalue weighted by Crippen LogP contribution is -2.42. The van der Waals surface area contributed by atoms with Gasteiger partial charge in [0, 0.05) is 19.4 Å². The fourth-order valence-electron chi connectivity index (χ4n) is 1.84. The molecule has 1 amide bonds. The number of aromatic hydroxyl groups is 1. The molecule has 2 rings (SSSR count). The number of carbonyl (C=O) groups excluding carboxylic acids is 1. The maximum atomic E-state index is 11.9. The van der Waals surface area contributed by atoms with Crippen molar-refractivity contribution in [2.75, 3.05) is 0 Å². The Kier molecular flexibility index (Phi) is 4.37. The molecule has 1 atom stereocenters. The van der Waals surface area contributed by atoms with Crippen LogP contribution in [0.4, 0.5) is 0 Å². The number of rotatable bonds is 5. The number of benzene rings is 1. The zero-order valence-electron chi connectivity index (χ0n) is 11.3. The first-order valence-electron chi connectivity index (χ1n) is 6.33. The second-order valence-corrected chi connectivity index (χ2v) is 4.65. The van der Waals surface area contributed by atoms with Crippen molar-refractivity contribution in [1.29, 1.82) is 0 Å². The minimum absolute atomic E-state index is 0.196. The topological polar surface area (TPSA) is 93.2 Å². The summed E-state index contributed by atoms with van der Waals surface area (Å²) in [6.07, 6.45) is 3.92. The average molecular weight is 274 g/mol. The SMILES string of the molecule is Cn1ccnc1CNC(=O)[C@H](N)Cc1ccc(O)cc1. The fraction of sp³-hybridized carbons (Fsp3) is 0.286. The van der Waals surface area contributed by atoms with Crippen LogP contribution in [-0.4, -0.2) is 26.6 Å². The third-order valence-electron chi connectivity index (χ3n) is 3.07. The quantitative estimate of drug-likeness (QED) is 0.731. The van der Waals surface area contributed by atoms with E-state index in [4.69, 9.17) is 5.73 Å². The van der Waals surface area contributed by atoms with Gasteiger partial charge in [-0.3, -0.25) is 4.79 Å². The minimum atomic E-state index is -0.625. The lowest BCUT2D eigenvalue weighted by molar-refractivity contribution is -0.122. The molecule has 0 bridgehead atoms. The van der Waals surface area contributed by atoms with Crippen LogP contribution in [0.3, 0.4) is 0 Å². The van der Waals surface area contributed by atoms with Gasteiger partial charge in [0.1, 0.15) is 11.6 Å². The number of phenols is 1. The molecule has 1 aromatic carbocycles. The molecule has 0 unspecified atom stereocenters. The van der Waals surface area contributed by atoms with Crippen molar-refractivity contribution in [3.63, 3.8) is 0 Å². The Morgan fingerprint density at radius 3 is 2.75 bits per heavy atom. The first-order valence-corrected chi connectivity index (χ1v) is 6.33. The molecule has 4 N–H and O–H groups in total. The Labute approximate surface area is 117 Å². The number of hydrogen-bond donors (Lipinski definition) is 3. The van der Waals surface area contributed by atoms with Crippen LogP contribution >= 0.6 is 0 Å². The number of nitrogens with zero attached hydrogens (tertiary/aromatic N) is 2. The van der Waals surface area contributed by atoms with E-state index in [0.717, 1.165) is 11.4 Å². The first-order chi connectivity index (χ1) is 9.56. The second kappa shape index (κ2) is 6.21. The number of nitrogens with two attached hydrogens (primary N) is 1. The van der Waals surface area contributed by atoms with Gasteiger partial charge in [-0.1, -0.05) is 12.1 Å². The summed E-state index contributed by atoms with van der Waals surface area (Å²) in [5.41, 5.74) is 6.77. The van der Waals surface area contributed by atoms with Crippen molar-refractivity contribution in [3.05, 3.63) is 48.0 Å². The predicted octanol–water partition coefficient (Wildman–Crippen LogP) is 0.312. The summed E-state index contributed by atoms with van der Waals surface area (Å²) in [7, 11) is 1.87. The molecule has 0 aliphatic heterocycles.